The van der Waals surface area contributed by atoms with Crippen LogP contribution in [0.5, 0.6) is 0 Å². The Morgan fingerprint density at radius 2 is 2.31 bits per heavy atom. The molecule has 0 aliphatic heterocycles. The van der Waals surface area contributed by atoms with E-state index in [9.17, 15) is 9.90 Å². The highest BCUT2D eigenvalue weighted by molar-refractivity contribution is 7.07. The minimum Gasteiger partial charge on any atom is -0.391 e. The molecule has 88 valence electrons. The average Bonchev–Trinajstić information content (AvgIpc) is 2.74. The zero-order valence-electron chi connectivity index (χ0n) is 9.19. The third kappa shape index (κ3) is 3.06. The first kappa shape index (κ1) is 11.6. The fourth-order valence-corrected chi connectivity index (χ4v) is 2.78. The maximum atomic E-state index is 11.7. The fourth-order valence-electron chi connectivity index (χ4n) is 2.12. The summed E-state index contributed by atoms with van der Waals surface area (Å²) in [6.45, 7) is 0. The molecule has 1 heterocycles. The maximum Gasteiger partial charge on any atom is 0.224 e. The van der Waals surface area contributed by atoms with Gasteiger partial charge in [-0.25, -0.2) is 0 Å². The van der Waals surface area contributed by atoms with Gasteiger partial charge in [-0.2, -0.15) is 11.3 Å². The Balaban J connectivity index is 1.82. The standard InChI is InChI=1S/C12H17NO2S/c14-11-4-2-1-3-10(11)13-12(15)7-9-5-6-16-8-9/h5-6,8,10-11,14H,1-4,7H2,(H,13,15). The number of carbonyl (C=O) groups is 1. The summed E-state index contributed by atoms with van der Waals surface area (Å²) in [5.74, 6) is 0.0179. The van der Waals surface area contributed by atoms with Crippen molar-refractivity contribution in [3.8, 4) is 0 Å². The second-order valence-electron chi connectivity index (χ2n) is 4.33. The summed E-state index contributed by atoms with van der Waals surface area (Å²) < 4.78 is 0. The van der Waals surface area contributed by atoms with Crippen molar-refractivity contribution < 1.29 is 9.90 Å². The number of thiophene rings is 1. The van der Waals surface area contributed by atoms with Gasteiger partial charge in [-0.15, -0.1) is 0 Å². The van der Waals surface area contributed by atoms with Gasteiger partial charge in [0.15, 0.2) is 0 Å². The Labute approximate surface area is 99.5 Å². The minimum atomic E-state index is -0.361. The summed E-state index contributed by atoms with van der Waals surface area (Å²) >= 11 is 1.60. The average molecular weight is 239 g/mol. The predicted octanol–water partition coefficient (Wildman–Crippen LogP) is 1.71. The van der Waals surface area contributed by atoms with Crippen molar-refractivity contribution in [1.82, 2.24) is 5.32 Å². The van der Waals surface area contributed by atoms with Crippen LogP contribution in [0.25, 0.3) is 0 Å². The van der Waals surface area contributed by atoms with Gasteiger partial charge in [0, 0.05) is 0 Å². The number of hydrogen-bond acceptors (Lipinski definition) is 3. The van der Waals surface area contributed by atoms with Crippen molar-refractivity contribution in [1.29, 1.82) is 0 Å². The molecule has 1 fully saturated rings. The molecule has 4 heteroatoms. The zero-order valence-corrected chi connectivity index (χ0v) is 10.0. The quantitative estimate of drug-likeness (QED) is 0.843. The van der Waals surface area contributed by atoms with Crippen LogP contribution < -0.4 is 5.32 Å². The summed E-state index contributed by atoms with van der Waals surface area (Å²) in [5.41, 5.74) is 1.05. The molecular weight excluding hydrogens is 222 g/mol. The molecule has 1 amide bonds. The number of nitrogens with one attached hydrogen (secondary N) is 1. The lowest BCUT2D eigenvalue weighted by atomic mass is 9.92. The van der Waals surface area contributed by atoms with Gasteiger partial charge in [0.1, 0.15) is 0 Å². The number of carbonyl (C=O) groups excluding carboxylic acids is 1. The van der Waals surface area contributed by atoms with Crippen LogP contribution in [0.4, 0.5) is 0 Å². The molecule has 1 aromatic rings. The lowest BCUT2D eigenvalue weighted by Crippen LogP contribution is -2.45. The van der Waals surface area contributed by atoms with E-state index < -0.39 is 0 Å². The lowest BCUT2D eigenvalue weighted by molar-refractivity contribution is -0.122. The molecular formula is C12H17NO2S. The predicted molar refractivity (Wildman–Crippen MR) is 64.4 cm³/mol. The van der Waals surface area contributed by atoms with Gasteiger partial charge < -0.3 is 10.4 Å². The van der Waals surface area contributed by atoms with Crippen molar-refractivity contribution in [3.05, 3.63) is 22.4 Å². The molecule has 1 aliphatic rings. The molecule has 1 aromatic heterocycles. The highest BCUT2D eigenvalue weighted by atomic mass is 32.1. The van der Waals surface area contributed by atoms with Gasteiger partial charge in [0.05, 0.1) is 18.6 Å². The minimum absolute atomic E-state index is 0.0179. The van der Waals surface area contributed by atoms with Gasteiger partial charge in [0.25, 0.3) is 0 Å². The lowest BCUT2D eigenvalue weighted by Gasteiger charge is -2.28. The first-order valence-corrected chi connectivity index (χ1v) is 6.68. The molecule has 0 aromatic carbocycles. The highest BCUT2D eigenvalue weighted by Gasteiger charge is 2.24. The summed E-state index contributed by atoms with van der Waals surface area (Å²) in [7, 11) is 0. The summed E-state index contributed by atoms with van der Waals surface area (Å²) in [6, 6.07) is 1.92. The molecule has 1 aliphatic carbocycles. The summed E-state index contributed by atoms with van der Waals surface area (Å²) in [5, 5.41) is 16.6. The van der Waals surface area contributed by atoms with E-state index in [0.29, 0.717) is 6.42 Å². The van der Waals surface area contributed by atoms with Gasteiger partial charge in [-0.05, 0) is 35.2 Å². The van der Waals surface area contributed by atoms with Crippen molar-refractivity contribution in [3.63, 3.8) is 0 Å². The van der Waals surface area contributed by atoms with E-state index in [1.165, 1.54) is 0 Å². The van der Waals surface area contributed by atoms with E-state index in [2.05, 4.69) is 5.32 Å². The highest BCUT2D eigenvalue weighted by Crippen LogP contribution is 2.18. The first-order chi connectivity index (χ1) is 7.75. The molecule has 16 heavy (non-hydrogen) atoms. The van der Waals surface area contributed by atoms with Crippen LogP contribution in [0.1, 0.15) is 31.2 Å². The maximum absolute atomic E-state index is 11.7. The van der Waals surface area contributed by atoms with Gasteiger partial charge in [-0.1, -0.05) is 12.8 Å². The van der Waals surface area contributed by atoms with Crippen LogP contribution in [0, 0.1) is 0 Å². The van der Waals surface area contributed by atoms with Crippen LogP contribution in [-0.4, -0.2) is 23.2 Å². The third-order valence-electron chi connectivity index (χ3n) is 3.02. The van der Waals surface area contributed by atoms with Crippen molar-refractivity contribution in [2.75, 3.05) is 0 Å². The molecule has 1 saturated carbocycles. The summed E-state index contributed by atoms with van der Waals surface area (Å²) in [4.78, 5) is 11.7. The van der Waals surface area contributed by atoms with E-state index >= 15 is 0 Å². The molecule has 0 bridgehead atoms. The Kier molecular flexibility index (Phi) is 3.96. The summed E-state index contributed by atoms with van der Waals surface area (Å²) in [6.07, 6.45) is 3.94. The number of aliphatic hydroxyl groups excluding tert-OH is 1. The normalized spacial score (nSPS) is 25.3. The van der Waals surface area contributed by atoms with Crippen LogP contribution in [0.2, 0.25) is 0 Å². The van der Waals surface area contributed by atoms with Gasteiger partial charge in [0.2, 0.25) is 5.91 Å². The van der Waals surface area contributed by atoms with E-state index in [-0.39, 0.29) is 18.1 Å². The van der Waals surface area contributed by atoms with Gasteiger partial charge in [-0.3, -0.25) is 4.79 Å². The molecule has 2 rings (SSSR count). The number of amides is 1. The Bertz CT molecular complexity index is 337. The van der Waals surface area contributed by atoms with Crippen LogP contribution in [0.3, 0.4) is 0 Å². The monoisotopic (exact) mass is 239 g/mol. The second kappa shape index (κ2) is 5.46. The van der Waals surface area contributed by atoms with Crippen molar-refractivity contribution >= 4 is 17.2 Å². The van der Waals surface area contributed by atoms with Crippen LogP contribution in [-0.2, 0) is 11.2 Å². The largest absolute Gasteiger partial charge is 0.391 e. The molecule has 2 unspecified atom stereocenters. The molecule has 3 nitrogen and oxygen atoms in total. The molecule has 2 N–H and O–H groups in total. The second-order valence-corrected chi connectivity index (χ2v) is 5.11. The van der Waals surface area contributed by atoms with E-state index in [1.807, 2.05) is 16.8 Å². The van der Waals surface area contributed by atoms with E-state index in [4.69, 9.17) is 0 Å². The van der Waals surface area contributed by atoms with Gasteiger partial charge >= 0.3 is 0 Å². The molecule has 2 atom stereocenters. The Morgan fingerprint density at radius 1 is 1.50 bits per heavy atom. The van der Waals surface area contributed by atoms with E-state index in [0.717, 1.165) is 31.2 Å². The molecule has 0 radical (unpaired) electrons. The molecule has 0 saturated heterocycles. The number of rotatable bonds is 3. The van der Waals surface area contributed by atoms with Crippen LogP contribution in [0.15, 0.2) is 16.8 Å². The molecule has 0 spiro atoms. The van der Waals surface area contributed by atoms with Crippen LogP contribution >= 0.6 is 11.3 Å². The Hall–Kier alpha value is -0.870. The topological polar surface area (TPSA) is 49.3 Å². The number of hydrogen-bond donors (Lipinski definition) is 2. The smallest absolute Gasteiger partial charge is 0.224 e. The van der Waals surface area contributed by atoms with Crippen molar-refractivity contribution in [2.24, 2.45) is 0 Å². The third-order valence-corrected chi connectivity index (χ3v) is 3.75. The SMILES string of the molecule is O=C(Cc1ccsc1)NC1CCCCC1O. The fraction of sp³-hybridized carbons (Fsp3) is 0.583. The Morgan fingerprint density at radius 3 is 3.00 bits per heavy atom. The number of aliphatic hydroxyl groups is 1. The zero-order chi connectivity index (χ0) is 11.4. The van der Waals surface area contributed by atoms with E-state index in [1.54, 1.807) is 11.3 Å². The van der Waals surface area contributed by atoms with Crippen molar-refractivity contribution in [2.45, 2.75) is 44.2 Å². The first-order valence-electron chi connectivity index (χ1n) is 5.74.